The Balaban J connectivity index is 2.70. The lowest BCUT2D eigenvalue weighted by molar-refractivity contribution is -0.119. The quantitative estimate of drug-likeness (QED) is 0.716. The van der Waals surface area contributed by atoms with Crippen LogP contribution in [0.15, 0.2) is 18.2 Å². The van der Waals surface area contributed by atoms with Gasteiger partial charge in [-0.15, -0.1) is 0 Å². The Morgan fingerprint density at radius 1 is 1.42 bits per heavy atom. The molecule has 0 fully saturated rings. The Bertz CT molecular complexity index is 433. The summed E-state index contributed by atoms with van der Waals surface area (Å²) in [6, 6.07) is 5.34. The number of aliphatic hydroxyl groups is 2. The zero-order valence-corrected chi connectivity index (χ0v) is 11.5. The molecule has 1 rings (SSSR count). The number of amides is 1. The molecule has 1 aromatic rings. The van der Waals surface area contributed by atoms with E-state index >= 15 is 0 Å². The van der Waals surface area contributed by atoms with E-state index in [9.17, 15) is 15.0 Å². The summed E-state index contributed by atoms with van der Waals surface area (Å²) in [7, 11) is 1.55. The fourth-order valence-corrected chi connectivity index (χ4v) is 1.83. The van der Waals surface area contributed by atoms with E-state index in [0.717, 1.165) is 5.56 Å². The average molecular weight is 267 g/mol. The largest absolute Gasteiger partial charge is 0.497 e. The van der Waals surface area contributed by atoms with Crippen molar-refractivity contribution in [2.45, 2.75) is 32.5 Å². The molecule has 0 aliphatic heterocycles. The Hall–Kier alpha value is -1.59. The minimum Gasteiger partial charge on any atom is -0.497 e. The SMILES string of the molecule is COc1ccc(C)c(C(O)C(O)CCNC(C)=O)c1. The Morgan fingerprint density at radius 3 is 2.68 bits per heavy atom. The number of ether oxygens (including phenoxy) is 1. The highest BCUT2D eigenvalue weighted by molar-refractivity contribution is 5.72. The second kappa shape index (κ2) is 7.11. The zero-order chi connectivity index (χ0) is 14.4. The van der Waals surface area contributed by atoms with Gasteiger partial charge in [0.25, 0.3) is 0 Å². The number of hydrogen-bond donors (Lipinski definition) is 3. The Kier molecular flexibility index (Phi) is 5.79. The molecule has 0 aliphatic carbocycles. The third-order valence-electron chi connectivity index (χ3n) is 2.98. The Labute approximate surface area is 113 Å². The number of carbonyl (C=O) groups excluding carboxylic acids is 1. The minimum absolute atomic E-state index is 0.153. The highest BCUT2D eigenvalue weighted by Crippen LogP contribution is 2.26. The van der Waals surface area contributed by atoms with Gasteiger partial charge >= 0.3 is 0 Å². The van der Waals surface area contributed by atoms with Crippen molar-refractivity contribution in [3.63, 3.8) is 0 Å². The lowest BCUT2D eigenvalue weighted by atomic mass is 9.97. The maximum Gasteiger partial charge on any atom is 0.216 e. The van der Waals surface area contributed by atoms with Crippen LogP contribution in [-0.2, 0) is 4.79 Å². The first-order chi connectivity index (χ1) is 8.95. The van der Waals surface area contributed by atoms with Crippen molar-refractivity contribution in [1.82, 2.24) is 5.32 Å². The number of aryl methyl sites for hydroxylation is 1. The van der Waals surface area contributed by atoms with Crippen LogP contribution in [0.4, 0.5) is 0 Å². The normalized spacial score (nSPS) is 13.7. The predicted molar refractivity (Wildman–Crippen MR) is 72.0 cm³/mol. The van der Waals surface area contributed by atoms with E-state index in [1.165, 1.54) is 6.92 Å². The van der Waals surface area contributed by atoms with Crippen LogP contribution in [-0.4, -0.2) is 35.9 Å². The molecule has 0 bridgehead atoms. The second-order valence-electron chi connectivity index (χ2n) is 4.51. The van der Waals surface area contributed by atoms with Gasteiger partial charge in [-0.1, -0.05) is 6.07 Å². The number of benzene rings is 1. The van der Waals surface area contributed by atoms with E-state index in [2.05, 4.69) is 5.32 Å². The molecule has 2 atom stereocenters. The number of hydrogen-bond acceptors (Lipinski definition) is 4. The second-order valence-corrected chi connectivity index (χ2v) is 4.51. The van der Waals surface area contributed by atoms with Crippen molar-refractivity contribution in [1.29, 1.82) is 0 Å². The smallest absolute Gasteiger partial charge is 0.216 e. The van der Waals surface area contributed by atoms with Gasteiger partial charge in [0.2, 0.25) is 5.91 Å². The van der Waals surface area contributed by atoms with Gasteiger partial charge < -0.3 is 20.3 Å². The summed E-state index contributed by atoms with van der Waals surface area (Å²) < 4.78 is 5.10. The monoisotopic (exact) mass is 267 g/mol. The highest BCUT2D eigenvalue weighted by atomic mass is 16.5. The lowest BCUT2D eigenvalue weighted by Gasteiger charge is -2.20. The van der Waals surface area contributed by atoms with E-state index in [4.69, 9.17) is 4.74 Å². The predicted octanol–water partition coefficient (Wildman–Crippen LogP) is 0.924. The fourth-order valence-electron chi connectivity index (χ4n) is 1.83. The molecule has 0 aromatic heterocycles. The summed E-state index contributed by atoms with van der Waals surface area (Å²) in [6.45, 7) is 3.60. The van der Waals surface area contributed by atoms with Crippen LogP contribution in [0.3, 0.4) is 0 Å². The van der Waals surface area contributed by atoms with E-state index < -0.39 is 12.2 Å². The lowest BCUT2D eigenvalue weighted by Crippen LogP contribution is -2.27. The number of nitrogens with one attached hydrogen (secondary N) is 1. The molecule has 3 N–H and O–H groups in total. The van der Waals surface area contributed by atoms with E-state index in [1.807, 2.05) is 13.0 Å². The van der Waals surface area contributed by atoms with Crippen LogP contribution in [0, 0.1) is 6.92 Å². The number of methoxy groups -OCH3 is 1. The molecular weight excluding hydrogens is 246 g/mol. The number of carbonyl (C=O) groups is 1. The van der Waals surface area contributed by atoms with Gasteiger partial charge in [0.05, 0.1) is 13.2 Å². The third kappa shape index (κ3) is 4.54. The molecular formula is C14H21NO4. The first-order valence-corrected chi connectivity index (χ1v) is 6.20. The summed E-state index contributed by atoms with van der Waals surface area (Å²) >= 11 is 0. The zero-order valence-electron chi connectivity index (χ0n) is 11.5. The molecule has 19 heavy (non-hydrogen) atoms. The summed E-state index contributed by atoms with van der Waals surface area (Å²) in [5, 5.41) is 22.7. The van der Waals surface area contributed by atoms with Crippen molar-refractivity contribution in [2.24, 2.45) is 0 Å². The first kappa shape index (κ1) is 15.5. The van der Waals surface area contributed by atoms with Crippen molar-refractivity contribution < 1.29 is 19.7 Å². The fraction of sp³-hybridized carbons (Fsp3) is 0.500. The molecule has 0 saturated heterocycles. The topological polar surface area (TPSA) is 78.8 Å². The number of aliphatic hydroxyl groups excluding tert-OH is 2. The van der Waals surface area contributed by atoms with Gasteiger partial charge in [-0.3, -0.25) is 4.79 Å². The van der Waals surface area contributed by atoms with Crippen LogP contribution in [0.25, 0.3) is 0 Å². The molecule has 0 heterocycles. The van der Waals surface area contributed by atoms with Gasteiger partial charge in [-0.2, -0.15) is 0 Å². The van der Waals surface area contributed by atoms with Gasteiger partial charge in [-0.25, -0.2) is 0 Å². The van der Waals surface area contributed by atoms with Gasteiger partial charge in [0.15, 0.2) is 0 Å². The minimum atomic E-state index is -0.996. The molecule has 0 saturated carbocycles. The molecule has 0 spiro atoms. The molecule has 2 unspecified atom stereocenters. The van der Waals surface area contributed by atoms with Crippen LogP contribution in [0.1, 0.15) is 30.6 Å². The molecule has 5 nitrogen and oxygen atoms in total. The first-order valence-electron chi connectivity index (χ1n) is 6.20. The molecule has 1 aromatic carbocycles. The Morgan fingerprint density at radius 2 is 2.11 bits per heavy atom. The molecule has 106 valence electrons. The average Bonchev–Trinajstić information content (AvgIpc) is 2.38. The third-order valence-corrected chi connectivity index (χ3v) is 2.98. The van der Waals surface area contributed by atoms with Gasteiger partial charge in [0, 0.05) is 13.5 Å². The summed E-state index contributed by atoms with van der Waals surface area (Å²) in [5.41, 5.74) is 1.52. The molecule has 5 heteroatoms. The molecule has 1 amide bonds. The summed E-state index contributed by atoms with van der Waals surface area (Å²) in [5.74, 6) is 0.480. The summed E-state index contributed by atoms with van der Waals surface area (Å²) in [4.78, 5) is 10.7. The van der Waals surface area contributed by atoms with Crippen molar-refractivity contribution in [3.05, 3.63) is 29.3 Å². The van der Waals surface area contributed by atoms with Crippen LogP contribution in [0.2, 0.25) is 0 Å². The standard InChI is InChI=1S/C14H21NO4/c1-9-4-5-11(19-3)8-12(9)14(18)13(17)6-7-15-10(2)16/h4-5,8,13-14,17-18H,6-7H2,1-3H3,(H,15,16). The maximum absolute atomic E-state index is 10.7. The maximum atomic E-state index is 10.7. The summed E-state index contributed by atoms with van der Waals surface area (Å²) in [6.07, 6.45) is -1.64. The molecule has 0 aliphatic rings. The van der Waals surface area contributed by atoms with Crippen LogP contribution in [0.5, 0.6) is 5.75 Å². The highest BCUT2D eigenvalue weighted by Gasteiger charge is 2.20. The van der Waals surface area contributed by atoms with Crippen LogP contribution >= 0.6 is 0 Å². The molecule has 0 radical (unpaired) electrons. The van der Waals surface area contributed by atoms with Crippen molar-refractivity contribution >= 4 is 5.91 Å². The van der Waals surface area contributed by atoms with E-state index in [-0.39, 0.29) is 12.3 Å². The van der Waals surface area contributed by atoms with E-state index in [0.29, 0.717) is 17.9 Å². The van der Waals surface area contributed by atoms with Gasteiger partial charge in [-0.05, 0) is 36.6 Å². The number of rotatable bonds is 6. The van der Waals surface area contributed by atoms with Gasteiger partial charge in [0.1, 0.15) is 11.9 Å². The van der Waals surface area contributed by atoms with Crippen LogP contribution < -0.4 is 10.1 Å². The van der Waals surface area contributed by atoms with E-state index in [1.54, 1.807) is 19.2 Å². The van der Waals surface area contributed by atoms with Crippen molar-refractivity contribution in [3.8, 4) is 5.75 Å². The van der Waals surface area contributed by atoms with Crippen molar-refractivity contribution in [2.75, 3.05) is 13.7 Å².